The minimum atomic E-state index is -1.13. The Hall–Kier alpha value is -3.49. The highest BCUT2D eigenvalue weighted by Crippen LogP contribution is 2.29. The first kappa shape index (κ1) is 19.8. The number of hydrogen-bond acceptors (Lipinski definition) is 6. The molecule has 27 heavy (non-hydrogen) atoms. The number of nitrogens with one attached hydrogen (secondary N) is 1. The van der Waals surface area contributed by atoms with Crippen LogP contribution >= 0.6 is 0 Å². The van der Waals surface area contributed by atoms with E-state index in [2.05, 4.69) is 5.32 Å². The lowest BCUT2D eigenvalue weighted by molar-refractivity contribution is -0.384. The second-order valence-electron chi connectivity index (χ2n) is 5.57. The van der Waals surface area contributed by atoms with E-state index in [1.54, 1.807) is 6.07 Å². The number of benzene rings is 2. The zero-order chi connectivity index (χ0) is 20.0. The molecule has 9 heteroatoms. The quantitative estimate of drug-likeness (QED) is 0.452. The monoisotopic (exact) mass is 376 g/mol. The normalized spacial score (nSPS) is 11.4. The number of halogens is 1. The van der Waals surface area contributed by atoms with Crippen molar-refractivity contribution < 1.29 is 28.4 Å². The van der Waals surface area contributed by atoms with Crippen molar-refractivity contribution in [2.45, 2.75) is 19.4 Å². The molecule has 1 N–H and O–H groups in total. The molecule has 2 rings (SSSR count). The van der Waals surface area contributed by atoms with Crippen molar-refractivity contribution in [2.75, 3.05) is 12.4 Å². The topological polar surface area (TPSA) is 108 Å². The number of ether oxygens (including phenoxy) is 2. The molecule has 0 aromatic heterocycles. The number of carbonyl (C=O) groups excluding carboxylic acids is 2. The van der Waals surface area contributed by atoms with Crippen LogP contribution in [0, 0.1) is 15.9 Å². The molecule has 0 heterocycles. The first-order valence-electron chi connectivity index (χ1n) is 7.87. The van der Waals surface area contributed by atoms with Crippen molar-refractivity contribution in [3.63, 3.8) is 0 Å². The zero-order valence-corrected chi connectivity index (χ0v) is 14.6. The number of esters is 1. The molecule has 142 valence electrons. The van der Waals surface area contributed by atoms with Gasteiger partial charge in [0.25, 0.3) is 11.6 Å². The maximum Gasteiger partial charge on any atom is 0.311 e. The molecule has 0 aliphatic carbocycles. The summed E-state index contributed by atoms with van der Waals surface area (Å²) in [5.74, 6) is -1.72. The van der Waals surface area contributed by atoms with E-state index in [4.69, 9.17) is 9.47 Å². The highest BCUT2D eigenvalue weighted by atomic mass is 19.1. The Kier molecular flexibility index (Phi) is 6.42. The van der Waals surface area contributed by atoms with Gasteiger partial charge in [0, 0.05) is 6.07 Å². The molecule has 8 nitrogen and oxygen atoms in total. The summed E-state index contributed by atoms with van der Waals surface area (Å²) in [6.45, 7) is 1.37. The molecule has 0 unspecified atom stereocenters. The van der Waals surface area contributed by atoms with Crippen LogP contribution in [0.15, 0.2) is 42.5 Å². The average Bonchev–Trinajstić information content (AvgIpc) is 2.61. The van der Waals surface area contributed by atoms with Gasteiger partial charge in [0.15, 0.2) is 6.10 Å². The fourth-order valence-electron chi connectivity index (χ4n) is 2.24. The second-order valence-corrected chi connectivity index (χ2v) is 5.57. The van der Waals surface area contributed by atoms with Gasteiger partial charge >= 0.3 is 5.97 Å². The predicted octanol–water partition coefficient (Wildman–Crippen LogP) is 2.86. The van der Waals surface area contributed by atoms with E-state index >= 15 is 0 Å². The molecule has 0 bridgehead atoms. The Labute approximate surface area is 154 Å². The Morgan fingerprint density at radius 3 is 2.63 bits per heavy atom. The van der Waals surface area contributed by atoms with Crippen molar-refractivity contribution in [3.05, 3.63) is 64.0 Å². The maximum absolute atomic E-state index is 13.1. The number of rotatable bonds is 7. The fourth-order valence-corrected chi connectivity index (χ4v) is 2.24. The second kappa shape index (κ2) is 8.75. The number of hydrogen-bond donors (Lipinski definition) is 1. The predicted molar refractivity (Wildman–Crippen MR) is 93.9 cm³/mol. The van der Waals surface area contributed by atoms with Crippen LogP contribution in [-0.4, -0.2) is 30.0 Å². The van der Waals surface area contributed by atoms with E-state index < -0.39 is 28.7 Å². The SMILES string of the molecule is COc1cc([N+](=O)[O-])ccc1NC(=O)[C@H](C)OC(=O)Cc1cccc(F)c1. The number of nitro groups is 1. The van der Waals surface area contributed by atoms with Crippen LogP contribution in [0.4, 0.5) is 15.8 Å². The molecule has 1 amide bonds. The molecular weight excluding hydrogens is 359 g/mol. The number of anilines is 1. The van der Waals surface area contributed by atoms with Crippen LogP contribution in [0.5, 0.6) is 5.75 Å². The molecule has 0 aliphatic rings. The highest BCUT2D eigenvalue weighted by molar-refractivity contribution is 5.96. The Morgan fingerprint density at radius 2 is 2.00 bits per heavy atom. The molecule has 2 aromatic rings. The Morgan fingerprint density at radius 1 is 1.26 bits per heavy atom. The standard InChI is InChI=1S/C18H17FN2O6/c1-11(27-17(22)9-12-4-3-5-13(19)8-12)18(23)20-15-7-6-14(21(24)25)10-16(15)26-2/h3-8,10-11H,9H2,1-2H3,(H,20,23)/t11-/m0/s1. The molecule has 0 spiro atoms. The third-order valence-electron chi connectivity index (χ3n) is 3.57. The van der Waals surface area contributed by atoms with Crippen LogP contribution in [-0.2, 0) is 20.7 Å². The van der Waals surface area contributed by atoms with Gasteiger partial charge in [0.2, 0.25) is 0 Å². The van der Waals surface area contributed by atoms with Crippen molar-refractivity contribution in [3.8, 4) is 5.75 Å². The number of non-ortho nitro benzene ring substituents is 1. The Bertz CT molecular complexity index is 871. The van der Waals surface area contributed by atoms with Crippen LogP contribution in [0.25, 0.3) is 0 Å². The number of nitro benzene ring substituents is 1. The van der Waals surface area contributed by atoms with Crippen molar-refractivity contribution in [1.29, 1.82) is 0 Å². The Balaban J connectivity index is 1.99. The van der Waals surface area contributed by atoms with Crippen LogP contribution in [0.2, 0.25) is 0 Å². The molecule has 0 aliphatic heterocycles. The summed E-state index contributed by atoms with van der Waals surface area (Å²) < 4.78 is 23.2. The lowest BCUT2D eigenvalue weighted by atomic mass is 10.1. The summed E-state index contributed by atoms with van der Waals surface area (Å²) >= 11 is 0. The highest BCUT2D eigenvalue weighted by Gasteiger charge is 2.20. The molecule has 0 saturated carbocycles. The average molecular weight is 376 g/mol. The van der Waals surface area contributed by atoms with Gasteiger partial charge in [-0.2, -0.15) is 0 Å². The molecule has 0 radical (unpaired) electrons. The van der Waals surface area contributed by atoms with Crippen molar-refractivity contribution in [1.82, 2.24) is 0 Å². The minimum Gasteiger partial charge on any atom is -0.494 e. The van der Waals surface area contributed by atoms with Gasteiger partial charge < -0.3 is 14.8 Å². The van der Waals surface area contributed by atoms with Gasteiger partial charge in [-0.05, 0) is 30.7 Å². The van der Waals surface area contributed by atoms with Crippen LogP contribution in [0.3, 0.4) is 0 Å². The molecule has 1 atom stereocenters. The van der Waals surface area contributed by atoms with E-state index in [0.29, 0.717) is 5.56 Å². The summed E-state index contributed by atoms with van der Waals surface area (Å²) in [6.07, 6.45) is -1.32. The van der Waals surface area contributed by atoms with Gasteiger partial charge in [-0.25, -0.2) is 4.39 Å². The van der Waals surface area contributed by atoms with Gasteiger partial charge in [-0.15, -0.1) is 0 Å². The summed E-state index contributed by atoms with van der Waals surface area (Å²) in [5, 5.41) is 13.3. The fraction of sp³-hybridized carbons (Fsp3) is 0.222. The van der Waals surface area contributed by atoms with E-state index in [-0.39, 0.29) is 23.5 Å². The lowest BCUT2D eigenvalue weighted by Crippen LogP contribution is -2.30. The first-order chi connectivity index (χ1) is 12.8. The largest absolute Gasteiger partial charge is 0.494 e. The van der Waals surface area contributed by atoms with E-state index in [1.165, 1.54) is 44.4 Å². The minimum absolute atomic E-state index is 0.0934. The third kappa shape index (κ3) is 5.50. The lowest BCUT2D eigenvalue weighted by Gasteiger charge is -2.15. The molecule has 0 fully saturated rings. The van der Waals surface area contributed by atoms with Crippen molar-refractivity contribution in [2.24, 2.45) is 0 Å². The van der Waals surface area contributed by atoms with Crippen LogP contribution in [0.1, 0.15) is 12.5 Å². The van der Waals surface area contributed by atoms with Crippen LogP contribution < -0.4 is 10.1 Å². The maximum atomic E-state index is 13.1. The van der Waals surface area contributed by atoms with E-state index in [1.807, 2.05) is 0 Å². The van der Waals surface area contributed by atoms with Crippen molar-refractivity contribution >= 4 is 23.3 Å². The van der Waals surface area contributed by atoms with Gasteiger partial charge in [0.05, 0.1) is 30.2 Å². The third-order valence-corrected chi connectivity index (χ3v) is 3.57. The number of amides is 1. The number of methoxy groups -OCH3 is 1. The summed E-state index contributed by atoms with van der Waals surface area (Å²) in [6, 6.07) is 9.17. The zero-order valence-electron chi connectivity index (χ0n) is 14.6. The van der Waals surface area contributed by atoms with Gasteiger partial charge in [0.1, 0.15) is 11.6 Å². The van der Waals surface area contributed by atoms with E-state index in [9.17, 15) is 24.1 Å². The first-order valence-corrected chi connectivity index (χ1v) is 7.87. The van der Waals surface area contributed by atoms with E-state index in [0.717, 1.165) is 6.07 Å². The summed E-state index contributed by atoms with van der Waals surface area (Å²) in [5.41, 5.74) is 0.421. The smallest absolute Gasteiger partial charge is 0.311 e. The molecule has 2 aromatic carbocycles. The van der Waals surface area contributed by atoms with Gasteiger partial charge in [-0.3, -0.25) is 19.7 Å². The number of carbonyl (C=O) groups is 2. The summed E-state index contributed by atoms with van der Waals surface area (Å²) in [4.78, 5) is 34.3. The van der Waals surface area contributed by atoms with Gasteiger partial charge in [-0.1, -0.05) is 12.1 Å². The molecular formula is C18H17FN2O6. The summed E-state index contributed by atoms with van der Waals surface area (Å²) in [7, 11) is 1.30. The number of nitrogens with zero attached hydrogens (tertiary/aromatic N) is 1. The molecule has 0 saturated heterocycles.